The molecule has 7 rings (SSSR count). The van der Waals surface area contributed by atoms with Crippen molar-refractivity contribution in [1.82, 2.24) is 0 Å². The van der Waals surface area contributed by atoms with Gasteiger partial charge in [0.05, 0.1) is 35.2 Å². The van der Waals surface area contributed by atoms with E-state index in [0.717, 1.165) is 30.4 Å². The minimum Gasteiger partial charge on any atom is -0.505 e. The van der Waals surface area contributed by atoms with Crippen LogP contribution in [0.15, 0.2) is 75.8 Å². The van der Waals surface area contributed by atoms with Crippen molar-refractivity contribution in [3.8, 4) is 5.75 Å². The molecule has 2 amide bonds. The van der Waals surface area contributed by atoms with Crippen LogP contribution < -0.4 is 9.80 Å². The van der Waals surface area contributed by atoms with Crippen molar-refractivity contribution < 1.29 is 33.4 Å². The number of halogens is 2. The number of carbonyl (C=O) groups is 4. The lowest BCUT2D eigenvalue weighted by Gasteiger charge is -2.42. The van der Waals surface area contributed by atoms with Gasteiger partial charge in [0.2, 0.25) is 11.8 Å². The van der Waals surface area contributed by atoms with E-state index in [1.165, 1.54) is 23.1 Å². The topological polar surface area (TPSA) is 104 Å². The van der Waals surface area contributed by atoms with Gasteiger partial charge in [-0.25, -0.2) is 4.39 Å². The quantitative estimate of drug-likeness (QED) is 0.305. The first-order valence-electron chi connectivity index (χ1n) is 13.9. The van der Waals surface area contributed by atoms with Crippen LogP contribution in [0.3, 0.4) is 0 Å². The zero-order valence-electron chi connectivity index (χ0n) is 22.4. The number of ether oxygens (including phenoxy) is 1. The molecule has 0 unspecified atom stereocenters. The second kappa shape index (κ2) is 10.1. The Morgan fingerprint density at radius 3 is 2.36 bits per heavy atom. The lowest BCUT2D eigenvalue weighted by molar-refractivity contribution is -0.123. The van der Waals surface area contributed by atoms with E-state index in [1.807, 2.05) is 18.2 Å². The molecule has 3 aliphatic carbocycles. The van der Waals surface area contributed by atoms with Crippen LogP contribution in [0.1, 0.15) is 24.3 Å². The predicted octanol–water partition coefficient (Wildman–Crippen LogP) is 4.33. The van der Waals surface area contributed by atoms with Gasteiger partial charge in [-0.15, -0.1) is 0 Å². The van der Waals surface area contributed by atoms with Gasteiger partial charge in [-0.1, -0.05) is 17.7 Å². The van der Waals surface area contributed by atoms with E-state index in [4.69, 9.17) is 4.74 Å². The lowest BCUT2D eigenvalue weighted by atomic mass is 9.59. The van der Waals surface area contributed by atoms with Crippen molar-refractivity contribution in [3.05, 3.63) is 87.2 Å². The van der Waals surface area contributed by atoms with Crippen molar-refractivity contribution in [2.75, 3.05) is 36.1 Å². The fourth-order valence-electron chi connectivity index (χ4n) is 7.18. The van der Waals surface area contributed by atoms with Gasteiger partial charge in [0.1, 0.15) is 0 Å². The summed E-state index contributed by atoms with van der Waals surface area (Å²) in [7, 11) is 0. The Balaban J connectivity index is 1.27. The van der Waals surface area contributed by atoms with E-state index in [2.05, 4.69) is 20.8 Å². The SMILES string of the molecule is O=C1C=C(Br)C(=O)C2=C1[C@@H](c1ccc(O)c(F)c1)C1=CC[C@@H]3C(=O)N(c4ccc(N5CCOCC5)cc4)C(=O)[C@@H]3[C@@H]1C2. The van der Waals surface area contributed by atoms with E-state index >= 15 is 0 Å². The molecule has 0 bridgehead atoms. The first kappa shape index (κ1) is 27.0. The number of ketones is 2. The Labute approximate surface area is 249 Å². The summed E-state index contributed by atoms with van der Waals surface area (Å²) >= 11 is 3.20. The molecule has 2 saturated heterocycles. The minimum absolute atomic E-state index is 0.121. The van der Waals surface area contributed by atoms with E-state index in [9.17, 15) is 28.7 Å². The lowest BCUT2D eigenvalue weighted by Crippen LogP contribution is -2.39. The number of phenols is 1. The van der Waals surface area contributed by atoms with Crippen LogP contribution in [0, 0.1) is 23.6 Å². The monoisotopic (exact) mass is 632 g/mol. The molecule has 0 saturated carbocycles. The molecule has 2 fully saturated rings. The van der Waals surface area contributed by atoms with Crippen molar-refractivity contribution >= 4 is 50.7 Å². The van der Waals surface area contributed by atoms with Crippen LogP contribution >= 0.6 is 15.9 Å². The third-order valence-corrected chi connectivity index (χ3v) is 9.71. The number of amides is 2. The highest BCUT2D eigenvalue weighted by Crippen LogP contribution is 2.55. The number of morpholine rings is 1. The smallest absolute Gasteiger partial charge is 0.238 e. The molecule has 0 radical (unpaired) electrons. The number of anilines is 2. The van der Waals surface area contributed by atoms with Crippen LogP contribution in [0.2, 0.25) is 0 Å². The molecule has 0 aromatic heterocycles. The van der Waals surface area contributed by atoms with Gasteiger partial charge in [-0.05, 0) is 76.7 Å². The molecule has 2 heterocycles. The normalized spacial score (nSPS) is 27.5. The van der Waals surface area contributed by atoms with Gasteiger partial charge in [0, 0.05) is 41.9 Å². The van der Waals surface area contributed by atoms with E-state index < -0.39 is 35.2 Å². The van der Waals surface area contributed by atoms with Crippen molar-refractivity contribution in [2.24, 2.45) is 17.8 Å². The maximum atomic E-state index is 14.6. The number of aromatic hydroxyl groups is 1. The number of phenolic OH excluding ortho intramolecular Hbond substituents is 1. The molecule has 2 aromatic carbocycles. The summed E-state index contributed by atoms with van der Waals surface area (Å²) in [6, 6.07) is 11.3. The highest BCUT2D eigenvalue weighted by Gasteiger charge is 2.56. The number of nitrogens with zero attached hydrogens (tertiary/aromatic N) is 2. The third kappa shape index (κ3) is 4.11. The predicted molar refractivity (Wildman–Crippen MR) is 155 cm³/mol. The number of imide groups is 1. The molecule has 10 heteroatoms. The fourth-order valence-corrected chi connectivity index (χ4v) is 7.62. The molecule has 214 valence electrons. The molecule has 8 nitrogen and oxygen atoms in total. The number of benzene rings is 2. The fraction of sp³-hybridized carbons (Fsp3) is 0.312. The van der Waals surface area contributed by atoms with Crippen molar-refractivity contribution in [1.29, 1.82) is 0 Å². The zero-order valence-corrected chi connectivity index (χ0v) is 24.0. The van der Waals surface area contributed by atoms with Crippen LogP contribution in [0.4, 0.5) is 15.8 Å². The highest BCUT2D eigenvalue weighted by atomic mass is 79.9. The minimum atomic E-state index is -0.851. The number of rotatable bonds is 3. The standard InChI is InChI=1S/C32H26BrFN2O6/c33-23-15-26(38)29-22(30(23)39)14-21-19(27(29)16-1-8-25(37)24(34)13-16)6-7-20-28(21)32(41)36(31(20)40)18-4-2-17(3-5-18)35-9-11-42-12-10-35/h1-6,8,13,15,20-21,27-28,37H,7,9-12,14H2/t20-,21+,27-,28-/m0/s1. The van der Waals surface area contributed by atoms with Gasteiger partial charge < -0.3 is 14.7 Å². The van der Waals surface area contributed by atoms with Gasteiger partial charge in [0.15, 0.2) is 23.1 Å². The maximum absolute atomic E-state index is 14.6. The first-order valence-corrected chi connectivity index (χ1v) is 14.7. The molecule has 5 aliphatic rings. The Kier molecular flexibility index (Phi) is 6.51. The number of Topliss-reactive ketones (excluding diaryl/α,β-unsaturated/α-hetero) is 1. The molecular weight excluding hydrogens is 607 g/mol. The number of hydrogen-bond donors (Lipinski definition) is 1. The third-order valence-electron chi connectivity index (χ3n) is 9.12. The van der Waals surface area contributed by atoms with Crippen LogP contribution in [0.5, 0.6) is 5.75 Å². The van der Waals surface area contributed by atoms with Crippen LogP contribution in [-0.4, -0.2) is 54.8 Å². The van der Waals surface area contributed by atoms with Gasteiger partial charge in [-0.3, -0.25) is 24.1 Å². The maximum Gasteiger partial charge on any atom is 0.238 e. The first-order chi connectivity index (χ1) is 20.2. The average Bonchev–Trinajstić information content (AvgIpc) is 3.26. The molecule has 0 spiro atoms. The molecule has 42 heavy (non-hydrogen) atoms. The number of allylic oxidation sites excluding steroid dienone is 6. The summed E-state index contributed by atoms with van der Waals surface area (Å²) in [5.41, 5.74) is 3.11. The number of hydrogen-bond acceptors (Lipinski definition) is 7. The van der Waals surface area contributed by atoms with Crippen LogP contribution in [-0.2, 0) is 23.9 Å². The second-order valence-corrected chi connectivity index (χ2v) is 12.1. The number of carbonyl (C=O) groups excluding carboxylic acids is 4. The molecule has 2 aliphatic heterocycles. The van der Waals surface area contributed by atoms with Crippen molar-refractivity contribution in [2.45, 2.75) is 18.8 Å². The van der Waals surface area contributed by atoms with E-state index in [0.29, 0.717) is 24.5 Å². The van der Waals surface area contributed by atoms with Gasteiger partial charge >= 0.3 is 0 Å². The summed E-state index contributed by atoms with van der Waals surface area (Å²) in [6.45, 7) is 2.80. The Bertz CT molecular complexity index is 1660. The Hall–Kier alpha value is -3.89. The van der Waals surface area contributed by atoms with Gasteiger partial charge in [-0.2, -0.15) is 0 Å². The van der Waals surface area contributed by atoms with Gasteiger partial charge in [0.25, 0.3) is 0 Å². The van der Waals surface area contributed by atoms with E-state index in [-0.39, 0.29) is 51.9 Å². The summed E-state index contributed by atoms with van der Waals surface area (Å²) < 4.78 is 20.1. The van der Waals surface area contributed by atoms with E-state index in [1.54, 1.807) is 12.1 Å². The summed E-state index contributed by atoms with van der Waals surface area (Å²) in [5.74, 6) is -5.41. The molecule has 1 N–H and O–H groups in total. The zero-order chi connectivity index (χ0) is 29.3. The molecule has 2 aromatic rings. The van der Waals surface area contributed by atoms with Crippen LogP contribution in [0.25, 0.3) is 0 Å². The largest absolute Gasteiger partial charge is 0.505 e. The summed E-state index contributed by atoms with van der Waals surface area (Å²) in [6.07, 6.45) is 3.51. The highest BCUT2D eigenvalue weighted by molar-refractivity contribution is 9.12. The summed E-state index contributed by atoms with van der Waals surface area (Å²) in [4.78, 5) is 57.8. The second-order valence-electron chi connectivity index (χ2n) is 11.2. The molecular formula is C32H26BrFN2O6. The Morgan fingerprint density at radius 1 is 0.929 bits per heavy atom. The summed E-state index contributed by atoms with van der Waals surface area (Å²) in [5, 5.41) is 9.82. The Morgan fingerprint density at radius 2 is 1.64 bits per heavy atom. The van der Waals surface area contributed by atoms with Crippen molar-refractivity contribution in [3.63, 3.8) is 0 Å². The average molecular weight is 633 g/mol. The number of fused-ring (bicyclic) bond motifs is 3. The molecule has 4 atom stereocenters.